The van der Waals surface area contributed by atoms with Gasteiger partial charge in [0.15, 0.2) is 12.4 Å². The summed E-state index contributed by atoms with van der Waals surface area (Å²) in [4.78, 5) is 15.6. The van der Waals surface area contributed by atoms with Crippen LogP contribution in [0.15, 0.2) is 42.7 Å². The highest BCUT2D eigenvalue weighted by molar-refractivity contribution is 6.16. The number of aryl methyl sites for hydroxylation is 2. The molecular formula is C25H29IN2O2. The fourth-order valence-corrected chi connectivity index (χ4v) is 4.24. The topological polar surface area (TPSA) is 46.0 Å². The van der Waals surface area contributed by atoms with Gasteiger partial charge in [-0.25, -0.2) is 0 Å². The average Bonchev–Trinajstić information content (AvgIpc) is 3.13. The van der Waals surface area contributed by atoms with Crippen LogP contribution in [0, 0.1) is 13.8 Å². The number of H-pyrrole nitrogens is 1. The van der Waals surface area contributed by atoms with Crippen LogP contribution in [0.4, 0.5) is 0 Å². The maximum absolute atomic E-state index is 12.0. The first-order chi connectivity index (χ1) is 14.1. The molecule has 0 aliphatic heterocycles. The van der Waals surface area contributed by atoms with Gasteiger partial charge in [0, 0.05) is 34.2 Å². The number of para-hydroxylation sites is 1. The summed E-state index contributed by atoms with van der Waals surface area (Å²) in [7, 11) is 0. The Kier molecular flexibility index (Phi) is 7.34. The van der Waals surface area contributed by atoms with Crippen molar-refractivity contribution in [3.63, 3.8) is 0 Å². The summed E-state index contributed by atoms with van der Waals surface area (Å²) in [5.74, 6) is -0.117. The highest BCUT2D eigenvalue weighted by Crippen LogP contribution is 2.35. The number of halogens is 1. The molecule has 0 saturated heterocycles. The Morgan fingerprint density at radius 3 is 2.60 bits per heavy atom. The fraction of sp³-hybridized carbons (Fsp3) is 0.360. The summed E-state index contributed by atoms with van der Waals surface area (Å²) in [6, 6.07) is 10.6. The van der Waals surface area contributed by atoms with E-state index in [4.69, 9.17) is 4.74 Å². The van der Waals surface area contributed by atoms with Crippen LogP contribution in [0.5, 0.6) is 0 Å². The molecule has 2 aromatic carbocycles. The van der Waals surface area contributed by atoms with Gasteiger partial charge >= 0.3 is 5.97 Å². The Hall–Kier alpha value is -2.15. The molecule has 0 saturated carbocycles. The number of hydrogen-bond donors (Lipinski definition) is 1. The quantitative estimate of drug-likeness (QED) is 0.178. The zero-order valence-electron chi connectivity index (χ0n) is 17.9. The highest BCUT2D eigenvalue weighted by atomic mass is 127. The summed E-state index contributed by atoms with van der Waals surface area (Å²) >= 11 is 0. The van der Waals surface area contributed by atoms with Gasteiger partial charge in [0.25, 0.3) is 6.73 Å². The van der Waals surface area contributed by atoms with Crippen LogP contribution in [0.2, 0.25) is 0 Å². The third-order valence-corrected chi connectivity index (χ3v) is 5.89. The van der Waals surface area contributed by atoms with Crippen molar-refractivity contribution in [1.82, 2.24) is 4.98 Å². The number of nitrogens with one attached hydrogen (secondary N) is 1. The van der Waals surface area contributed by atoms with Crippen molar-refractivity contribution in [2.24, 2.45) is 0 Å². The van der Waals surface area contributed by atoms with Crippen molar-refractivity contribution < 1.29 is 38.1 Å². The largest absolute Gasteiger partial charge is 1.00 e. The van der Waals surface area contributed by atoms with Gasteiger partial charge in [-0.05, 0) is 42.8 Å². The van der Waals surface area contributed by atoms with Gasteiger partial charge in [-0.1, -0.05) is 44.4 Å². The molecule has 158 valence electrons. The first-order valence-electron chi connectivity index (χ1n) is 10.6. The maximum Gasteiger partial charge on any atom is 0.310 e. The lowest BCUT2D eigenvalue weighted by molar-refractivity contribution is -0.726. The molecule has 0 amide bonds. The van der Waals surface area contributed by atoms with Gasteiger partial charge < -0.3 is 33.7 Å². The number of nitrogens with zero attached hydrogens (tertiary/aromatic N) is 1. The smallest absolute Gasteiger partial charge is 0.310 e. The van der Waals surface area contributed by atoms with E-state index >= 15 is 0 Å². The molecule has 0 aliphatic carbocycles. The van der Waals surface area contributed by atoms with Gasteiger partial charge in [0.05, 0.1) is 5.52 Å². The van der Waals surface area contributed by atoms with E-state index < -0.39 is 0 Å². The van der Waals surface area contributed by atoms with Crippen molar-refractivity contribution >= 4 is 38.5 Å². The molecule has 30 heavy (non-hydrogen) atoms. The summed E-state index contributed by atoms with van der Waals surface area (Å²) < 4.78 is 7.45. The SMILES string of the molecule is CCCCCCC(=O)OC[n+]1ccc2c(C)c3[nH]c4ccccc4c3c(C)c2c1.[I-]. The van der Waals surface area contributed by atoms with Crippen molar-refractivity contribution in [3.8, 4) is 0 Å². The minimum absolute atomic E-state index is 0. The highest BCUT2D eigenvalue weighted by Gasteiger charge is 2.16. The molecule has 4 rings (SSSR count). The number of aromatic amines is 1. The second kappa shape index (κ2) is 9.77. The van der Waals surface area contributed by atoms with E-state index in [2.05, 4.69) is 62.3 Å². The van der Waals surface area contributed by atoms with E-state index in [-0.39, 0.29) is 36.7 Å². The number of carbonyl (C=O) groups is 1. The lowest BCUT2D eigenvalue weighted by Crippen LogP contribution is -3.00. The Balaban J connectivity index is 0.00000256. The third kappa shape index (κ3) is 4.31. The van der Waals surface area contributed by atoms with Crippen molar-refractivity contribution in [3.05, 3.63) is 53.9 Å². The zero-order valence-corrected chi connectivity index (χ0v) is 20.1. The van der Waals surface area contributed by atoms with Gasteiger partial charge in [-0.3, -0.25) is 4.79 Å². The van der Waals surface area contributed by atoms with Crippen LogP contribution in [-0.2, 0) is 16.3 Å². The molecule has 0 radical (unpaired) electrons. The minimum Gasteiger partial charge on any atom is -1.00 e. The first kappa shape index (κ1) is 22.5. The predicted molar refractivity (Wildman–Crippen MR) is 118 cm³/mol. The number of carbonyl (C=O) groups excluding carboxylic acids is 1. The number of aromatic nitrogens is 2. The third-order valence-electron chi connectivity index (χ3n) is 5.89. The molecular weight excluding hydrogens is 487 g/mol. The fourth-order valence-electron chi connectivity index (χ4n) is 4.24. The van der Waals surface area contributed by atoms with E-state index in [1.807, 2.05) is 10.8 Å². The number of pyridine rings is 1. The van der Waals surface area contributed by atoms with Crippen LogP contribution >= 0.6 is 0 Å². The zero-order chi connectivity index (χ0) is 20.4. The number of esters is 1. The van der Waals surface area contributed by atoms with Crippen molar-refractivity contribution in [2.45, 2.75) is 59.6 Å². The van der Waals surface area contributed by atoms with Crippen LogP contribution in [0.1, 0.15) is 50.2 Å². The summed E-state index contributed by atoms with van der Waals surface area (Å²) in [5, 5.41) is 4.94. The monoisotopic (exact) mass is 516 g/mol. The number of ether oxygens (including phenoxy) is 1. The van der Waals surface area contributed by atoms with Crippen LogP contribution < -0.4 is 28.5 Å². The second-order valence-electron chi connectivity index (χ2n) is 7.91. The van der Waals surface area contributed by atoms with Crippen molar-refractivity contribution in [1.29, 1.82) is 0 Å². The Morgan fingerprint density at radius 1 is 1.00 bits per heavy atom. The molecule has 1 N–H and O–H groups in total. The lowest BCUT2D eigenvalue weighted by Gasteiger charge is -2.09. The summed E-state index contributed by atoms with van der Waals surface area (Å²) in [6.07, 6.45) is 8.94. The molecule has 2 aromatic heterocycles. The molecule has 0 unspecified atom stereocenters. The molecule has 0 fully saturated rings. The lowest BCUT2D eigenvalue weighted by atomic mass is 9.97. The predicted octanol–water partition coefficient (Wildman–Crippen LogP) is 2.85. The molecule has 5 heteroatoms. The van der Waals surface area contributed by atoms with Gasteiger partial charge in [0.1, 0.15) is 0 Å². The first-order valence-corrected chi connectivity index (χ1v) is 10.6. The maximum atomic E-state index is 12.0. The molecule has 0 spiro atoms. The Morgan fingerprint density at radius 2 is 1.80 bits per heavy atom. The Labute approximate surface area is 194 Å². The van der Waals surface area contributed by atoms with Crippen molar-refractivity contribution in [2.75, 3.05) is 0 Å². The van der Waals surface area contributed by atoms with E-state index in [0.717, 1.165) is 18.4 Å². The standard InChI is InChI=1S/C25H28N2O2.HI/c1-4-5-6-7-12-23(28)29-16-27-14-13-19-18(3)25-24(17(2)21(19)15-27)20-10-8-9-11-22(20)26-25;/h8-11,13-15H,4-7,12,16H2,1-3H3;1H. The average molecular weight is 516 g/mol. The van der Waals surface area contributed by atoms with Crippen LogP contribution in [0.25, 0.3) is 32.6 Å². The summed E-state index contributed by atoms with van der Waals surface area (Å²) in [5.41, 5.74) is 4.86. The molecule has 0 aliphatic rings. The van der Waals surface area contributed by atoms with Gasteiger partial charge in [-0.2, -0.15) is 4.57 Å². The Bertz CT molecular complexity index is 1200. The number of benzene rings is 2. The van der Waals surface area contributed by atoms with Gasteiger partial charge in [-0.15, -0.1) is 0 Å². The second-order valence-corrected chi connectivity index (χ2v) is 7.91. The number of hydrogen-bond acceptors (Lipinski definition) is 2. The van der Waals surface area contributed by atoms with E-state index in [1.165, 1.54) is 51.0 Å². The normalized spacial score (nSPS) is 11.2. The molecule has 2 heterocycles. The van der Waals surface area contributed by atoms with E-state index in [9.17, 15) is 4.79 Å². The number of rotatable bonds is 7. The van der Waals surface area contributed by atoms with Crippen LogP contribution in [0.3, 0.4) is 0 Å². The number of fused-ring (bicyclic) bond motifs is 4. The molecule has 4 aromatic rings. The molecule has 4 nitrogen and oxygen atoms in total. The minimum atomic E-state index is -0.117. The van der Waals surface area contributed by atoms with Crippen LogP contribution in [-0.4, -0.2) is 11.0 Å². The summed E-state index contributed by atoms with van der Waals surface area (Å²) in [6.45, 7) is 6.77. The van der Waals surface area contributed by atoms with Gasteiger partial charge in [0.2, 0.25) is 0 Å². The molecule has 0 bridgehead atoms. The number of unbranched alkanes of at least 4 members (excludes halogenated alkanes) is 3. The van der Waals surface area contributed by atoms with E-state index in [0.29, 0.717) is 6.42 Å². The molecule has 0 atom stereocenters. The van der Waals surface area contributed by atoms with E-state index in [1.54, 1.807) is 0 Å².